The molecule has 0 aliphatic heterocycles. The van der Waals surface area contributed by atoms with E-state index in [2.05, 4.69) is 35.8 Å². The third-order valence-corrected chi connectivity index (χ3v) is 4.02. The predicted molar refractivity (Wildman–Crippen MR) is 85.3 cm³/mol. The molecule has 0 saturated carbocycles. The molecular weight excluding hydrogens is 266 g/mol. The van der Waals surface area contributed by atoms with Gasteiger partial charge in [0.25, 0.3) is 5.91 Å². The first kappa shape index (κ1) is 14.7. The van der Waals surface area contributed by atoms with Crippen LogP contribution in [0.3, 0.4) is 0 Å². The molecule has 20 heavy (non-hydrogen) atoms. The normalized spacial score (nSPS) is 11.9. The molecule has 0 aliphatic carbocycles. The van der Waals surface area contributed by atoms with Gasteiger partial charge < -0.3 is 5.32 Å². The molecule has 104 valence electrons. The molecule has 0 radical (unpaired) electrons. The van der Waals surface area contributed by atoms with Crippen LogP contribution in [-0.2, 0) is 0 Å². The lowest BCUT2D eigenvalue weighted by Gasteiger charge is -2.15. The summed E-state index contributed by atoms with van der Waals surface area (Å²) >= 11 is 1.71. The molecule has 0 saturated heterocycles. The standard InChI is InChI=1S/C17H19NOS/c1-12-4-6-15(7-5-12)17(19)18-13(2)14-8-10-16(20-3)11-9-14/h4-11,13H,1-3H3,(H,18,19)/t13-/m0/s1. The topological polar surface area (TPSA) is 29.1 Å². The van der Waals surface area contributed by atoms with E-state index in [0.29, 0.717) is 5.56 Å². The minimum absolute atomic E-state index is 0.000269. The van der Waals surface area contributed by atoms with E-state index in [0.717, 1.165) is 11.1 Å². The Morgan fingerprint density at radius 3 is 2.20 bits per heavy atom. The van der Waals surface area contributed by atoms with Crippen molar-refractivity contribution in [3.05, 3.63) is 65.2 Å². The van der Waals surface area contributed by atoms with Crippen molar-refractivity contribution in [1.29, 1.82) is 0 Å². The average molecular weight is 285 g/mol. The van der Waals surface area contributed by atoms with Crippen LogP contribution in [0.5, 0.6) is 0 Å². The SMILES string of the molecule is CSc1ccc([C@H](C)NC(=O)c2ccc(C)cc2)cc1. The van der Waals surface area contributed by atoms with Crippen molar-refractivity contribution in [3.63, 3.8) is 0 Å². The molecule has 1 N–H and O–H groups in total. The van der Waals surface area contributed by atoms with Gasteiger partial charge in [0.05, 0.1) is 6.04 Å². The van der Waals surface area contributed by atoms with E-state index in [9.17, 15) is 4.79 Å². The van der Waals surface area contributed by atoms with Crippen LogP contribution in [0.25, 0.3) is 0 Å². The highest BCUT2D eigenvalue weighted by atomic mass is 32.2. The smallest absolute Gasteiger partial charge is 0.251 e. The van der Waals surface area contributed by atoms with Crippen LogP contribution in [0.4, 0.5) is 0 Å². The number of amides is 1. The van der Waals surface area contributed by atoms with E-state index in [1.807, 2.05) is 38.1 Å². The number of carbonyl (C=O) groups excluding carboxylic acids is 1. The van der Waals surface area contributed by atoms with Crippen LogP contribution >= 0.6 is 11.8 Å². The van der Waals surface area contributed by atoms with Crippen molar-refractivity contribution >= 4 is 17.7 Å². The van der Waals surface area contributed by atoms with Gasteiger partial charge in [-0.05, 0) is 49.9 Å². The van der Waals surface area contributed by atoms with E-state index in [4.69, 9.17) is 0 Å². The monoisotopic (exact) mass is 285 g/mol. The van der Waals surface area contributed by atoms with E-state index >= 15 is 0 Å². The molecule has 2 rings (SSSR count). The first-order chi connectivity index (χ1) is 9.60. The van der Waals surface area contributed by atoms with Crippen LogP contribution in [-0.4, -0.2) is 12.2 Å². The van der Waals surface area contributed by atoms with Crippen LogP contribution in [0, 0.1) is 6.92 Å². The Morgan fingerprint density at radius 1 is 1.05 bits per heavy atom. The number of aryl methyl sites for hydroxylation is 1. The lowest BCUT2D eigenvalue weighted by atomic mass is 10.1. The summed E-state index contributed by atoms with van der Waals surface area (Å²) in [5.74, 6) is -0.0357. The van der Waals surface area contributed by atoms with Crippen molar-refractivity contribution in [2.24, 2.45) is 0 Å². The number of carbonyl (C=O) groups is 1. The third-order valence-electron chi connectivity index (χ3n) is 3.28. The number of thioether (sulfide) groups is 1. The maximum absolute atomic E-state index is 12.1. The molecule has 3 heteroatoms. The average Bonchev–Trinajstić information content (AvgIpc) is 2.48. The molecule has 0 aromatic heterocycles. The zero-order chi connectivity index (χ0) is 14.5. The van der Waals surface area contributed by atoms with E-state index in [-0.39, 0.29) is 11.9 Å². The van der Waals surface area contributed by atoms with E-state index < -0.39 is 0 Å². The van der Waals surface area contributed by atoms with Gasteiger partial charge in [0.15, 0.2) is 0 Å². The van der Waals surface area contributed by atoms with Crippen LogP contribution < -0.4 is 5.32 Å². The molecular formula is C17H19NOS. The predicted octanol–water partition coefficient (Wildman–Crippen LogP) is 4.21. The zero-order valence-corrected chi connectivity index (χ0v) is 12.8. The molecule has 0 heterocycles. The molecule has 1 atom stereocenters. The molecule has 2 aromatic rings. The molecule has 0 spiro atoms. The zero-order valence-electron chi connectivity index (χ0n) is 12.0. The summed E-state index contributed by atoms with van der Waals surface area (Å²) in [4.78, 5) is 13.4. The Labute approximate surface area is 124 Å². The Morgan fingerprint density at radius 2 is 1.65 bits per heavy atom. The van der Waals surface area contributed by atoms with Crippen molar-refractivity contribution in [3.8, 4) is 0 Å². The fourth-order valence-corrected chi connectivity index (χ4v) is 2.37. The Bertz CT molecular complexity index is 575. The van der Waals surface area contributed by atoms with Crippen molar-refractivity contribution in [1.82, 2.24) is 5.32 Å². The minimum Gasteiger partial charge on any atom is -0.346 e. The first-order valence-electron chi connectivity index (χ1n) is 6.61. The van der Waals surface area contributed by atoms with Gasteiger partial charge in [0.2, 0.25) is 0 Å². The van der Waals surface area contributed by atoms with Gasteiger partial charge in [-0.1, -0.05) is 29.8 Å². The maximum atomic E-state index is 12.1. The Hall–Kier alpha value is -1.74. The minimum atomic E-state index is -0.0357. The molecule has 2 aromatic carbocycles. The second kappa shape index (κ2) is 6.62. The highest BCUT2D eigenvalue weighted by molar-refractivity contribution is 7.98. The molecule has 1 amide bonds. The van der Waals surface area contributed by atoms with E-state index in [1.54, 1.807) is 11.8 Å². The fraction of sp³-hybridized carbons (Fsp3) is 0.235. The number of hydrogen-bond donors (Lipinski definition) is 1. The summed E-state index contributed by atoms with van der Waals surface area (Å²) < 4.78 is 0. The summed E-state index contributed by atoms with van der Waals surface area (Å²) in [5, 5.41) is 3.02. The molecule has 0 bridgehead atoms. The van der Waals surface area contributed by atoms with Gasteiger partial charge in [-0.15, -0.1) is 11.8 Å². The number of nitrogens with one attached hydrogen (secondary N) is 1. The van der Waals surface area contributed by atoms with Crippen LogP contribution in [0.2, 0.25) is 0 Å². The number of benzene rings is 2. The van der Waals surface area contributed by atoms with Crippen molar-refractivity contribution < 1.29 is 4.79 Å². The molecule has 0 unspecified atom stereocenters. The molecule has 2 nitrogen and oxygen atoms in total. The Kier molecular flexibility index (Phi) is 4.85. The molecule has 0 fully saturated rings. The van der Waals surface area contributed by atoms with Gasteiger partial charge in [0.1, 0.15) is 0 Å². The second-order valence-electron chi connectivity index (χ2n) is 4.83. The summed E-state index contributed by atoms with van der Waals surface area (Å²) in [6.45, 7) is 4.01. The van der Waals surface area contributed by atoms with Gasteiger partial charge in [-0.3, -0.25) is 4.79 Å². The van der Waals surface area contributed by atoms with Crippen LogP contribution in [0.1, 0.15) is 34.5 Å². The van der Waals surface area contributed by atoms with Gasteiger partial charge in [-0.2, -0.15) is 0 Å². The second-order valence-corrected chi connectivity index (χ2v) is 5.71. The van der Waals surface area contributed by atoms with Crippen molar-refractivity contribution in [2.45, 2.75) is 24.8 Å². The quantitative estimate of drug-likeness (QED) is 0.853. The first-order valence-corrected chi connectivity index (χ1v) is 7.84. The van der Waals surface area contributed by atoms with Crippen LogP contribution in [0.15, 0.2) is 53.4 Å². The largest absolute Gasteiger partial charge is 0.346 e. The number of rotatable bonds is 4. The maximum Gasteiger partial charge on any atom is 0.251 e. The highest BCUT2D eigenvalue weighted by Gasteiger charge is 2.11. The third kappa shape index (κ3) is 3.64. The lowest BCUT2D eigenvalue weighted by molar-refractivity contribution is 0.0940. The summed E-state index contributed by atoms with van der Waals surface area (Å²) in [7, 11) is 0. The summed E-state index contributed by atoms with van der Waals surface area (Å²) in [6.07, 6.45) is 2.05. The molecule has 0 aliphatic rings. The summed E-state index contributed by atoms with van der Waals surface area (Å²) in [5.41, 5.74) is 2.97. The lowest BCUT2D eigenvalue weighted by Crippen LogP contribution is -2.26. The Balaban J connectivity index is 2.04. The number of hydrogen-bond acceptors (Lipinski definition) is 2. The highest BCUT2D eigenvalue weighted by Crippen LogP contribution is 2.19. The summed E-state index contributed by atoms with van der Waals surface area (Å²) in [6, 6.07) is 15.9. The van der Waals surface area contributed by atoms with E-state index in [1.165, 1.54) is 4.90 Å². The van der Waals surface area contributed by atoms with Gasteiger partial charge in [-0.25, -0.2) is 0 Å². The van der Waals surface area contributed by atoms with Crippen molar-refractivity contribution in [2.75, 3.05) is 6.26 Å². The fourth-order valence-electron chi connectivity index (χ4n) is 1.96. The van der Waals surface area contributed by atoms with Gasteiger partial charge in [0, 0.05) is 10.5 Å². The van der Waals surface area contributed by atoms with Gasteiger partial charge >= 0.3 is 0 Å².